The van der Waals surface area contributed by atoms with Crippen molar-refractivity contribution in [3.05, 3.63) is 23.2 Å². The summed E-state index contributed by atoms with van der Waals surface area (Å²) >= 11 is 5.65. The van der Waals surface area contributed by atoms with Crippen molar-refractivity contribution < 1.29 is 10.2 Å². The summed E-state index contributed by atoms with van der Waals surface area (Å²) in [6.45, 7) is -0.161. The monoisotopic (exact) mass is 240 g/mol. The van der Waals surface area contributed by atoms with E-state index in [2.05, 4.69) is 15.1 Å². The Bertz CT molecular complexity index is 526. The van der Waals surface area contributed by atoms with Gasteiger partial charge in [-0.25, -0.2) is 9.97 Å². The van der Waals surface area contributed by atoms with Crippen molar-refractivity contribution in [1.29, 1.82) is 0 Å². The Labute approximate surface area is 96.2 Å². The Morgan fingerprint density at radius 2 is 2.19 bits per heavy atom. The zero-order valence-electron chi connectivity index (χ0n) is 8.42. The van der Waals surface area contributed by atoms with Crippen LogP contribution >= 0.6 is 11.6 Å². The maximum atomic E-state index is 9.18. The molecule has 0 aliphatic carbocycles. The van der Waals surface area contributed by atoms with Gasteiger partial charge in [0.25, 0.3) is 0 Å². The first-order chi connectivity index (χ1) is 7.63. The molecule has 0 fully saturated rings. The lowest BCUT2D eigenvalue weighted by Gasteiger charge is -2.02. The molecule has 0 amide bonds. The fourth-order valence-electron chi connectivity index (χ4n) is 1.35. The number of aromatic hydroxyl groups is 1. The minimum Gasteiger partial charge on any atom is -0.491 e. The lowest BCUT2D eigenvalue weighted by atomic mass is 10.2. The highest BCUT2D eigenvalue weighted by atomic mass is 35.5. The van der Waals surface area contributed by atoms with Crippen LogP contribution in [0.25, 0.3) is 11.3 Å². The van der Waals surface area contributed by atoms with Gasteiger partial charge < -0.3 is 10.2 Å². The molecule has 0 aromatic carbocycles. The van der Waals surface area contributed by atoms with E-state index in [1.807, 2.05) is 0 Å². The molecule has 0 aliphatic rings. The molecule has 84 valence electrons. The predicted molar refractivity (Wildman–Crippen MR) is 56.8 cm³/mol. The van der Waals surface area contributed by atoms with Gasteiger partial charge in [-0.1, -0.05) is 11.6 Å². The van der Waals surface area contributed by atoms with Crippen molar-refractivity contribution in [3.8, 4) is 17.1 Å². The number of aliphatic hydroxyl groups excluding tert-OH is 1. The Kier molecular flexibility index (Phi) is 2.76. The third-order valence-corrected chi connectivity index (χ3v) is 2.45. The zero-order chi connectivity index (χ0) is 11.7. The lowest BCUT2D eigenvalue weighted by molar-refractivity contribution is 0.271. The molecular weight excluding hydrogens is 232 g/mol. The minimum absolute atomic E-state index is 0.0785. The van der Waals surface area contributed by atoms with Crippen LogP contribution in [0.2, 0.25) is 5.15 Å². The molecule has 2 N–H and O–H groups in total. The van der Waals surface area contributed by atoms with Crippen molar-refractivity contribution in [2.45, 2.75) is 6.61 Å². The third kappa shape index (κ3) is 1.72. The quantitative estimate of drug-likeness (QED) is 0.808. The number of hydrogen-bond donors (Lipinski definition) is 2. The second-order valence-electron chi connectivity index (χ2n) is 3.16. The van der Waals surface area contributed by atoms with Gasteiger partial charge in [0.2, 0.25) is 5.88 Å². The Hall–Kier alpha value is -1.66. The number of aliphatic hydroxyl groups is 1. The first kappa shape index (κ1) is 10.8. The summed E-state index contributed by atoms with van der Waals surface area (Å²) in [5, 5.41) is 22.2. The van der Waals surface area contributed by atoms with Crippen molar-refractivity contribution in [2.75, 3.05) is 0 Å². The van der Waals surface area contributed by atoms with E-state index in [9.17, 15) is 5.11 Å². The summed E-state index contributed by atoms with van der Waals surface area (Å²) in [6.07, 6.45) is 2.93. The molecule has 0 spiro atoms. The van der Waals surface area contributed by atoms with Crippen LogP contribution < -0.4 is 0 Å². The van der Waals surface area contributed by atoms with Gasteiger partial charge in [0.15, 0.2) is 5.15 Å². The molecule has 2 heterocycles. The largest absolute Gasteiger partial charge is 0.491 e. The summed E-state index contributed by atoms with van der Waals surface area (Å²) in [6, 6.07) is 0. The van der Waals surface area contributed by atoms with Crippen molar-refractivity contribution in [1.82, 2.24) is 19.7 Å². The lowest BCUT2D eigenvalue weighted by Crippen LogP contribution is -1.99. The molecule has 0 unspecified atom stereocenters. The van der Waals surface area contributed by atoms with E-state index in [-0.39, 0.29) is 17.6 Å². The molecule has 0 aliphatic heterocycles. The van der Waals surface area contributed by atoms with Crippen molar-refractivity contribution in [2.24, 2.45) is 7.05 Å². The molecule has 2 rings (SSSR count). The summed E-state index contributed by atoms with van der Waals surface area (Å²) in [5.74, 6) is -0.320. The Balaban J connectivity index is 2.54. The molecule has 16 heavy (non-hydrogen) atoms. The van der Waals surface area contributed by atoms with E-state index in [0.717, 1.165) is 0 Å². The zero-order valence-corrected chi connectivity index (χ0v) is 9.18. The second-order valence-corrected chi connectivity index (χ2v) is 3.51. The van der Waals surface area contributed by atoms with E-state index in [4.69, 9.17) is 16.7 Å². The number of hydrogen-bond acceptors (Lipinski definition) is 5. The number of rotatable bonds is 2. The van der Waals surface area contributed by atoms with Gasteiger partial charge in [0.05, 0.1) is 30.4 Å². The number of aryl methyl sites for hydroxylation is 1. The molecule has 0 saturated heterocycles. The van der Waals surface area contributed by atoms with Crippen LogP contribution in [0.15, 0.2) is 12.4 Å². The highest BCUT2D eigenvalue weighted by Gasteiger charge is 2.13. The van der Waals surface area contributed by atoms with E-state index >= 15 is 0 Å². The van der Waals surface area contributed by atoms with Crippen LogP contribution in [-0.4, -0.2) is 30.0 Å². The van der Waals surface area contributed by atoms with Gasteiger partial charge in [-0.15, -0.1) is 0 Å². The molecule has 0 atom stereocenters. The average Bonchev–Trinajstić information content (AvgIpc) is 2.63. The summed E-state index contributed by atoms with van der Waals surface area (Å²) in [5.41, 5.74) is 1.70. The first-order valence-electron chi connectivity index (χ1n) is 4.47. The SMILES string of the molecule is Cn1ncc(-c2cnc(O)c(Cl)n2)c1CO. The summed E-state index contributed by atoms with van der Waals surface area (Å²) < 4.78 is 1.54. The van der Waals surface area contributed by atoms with Crippen molar-refractivity contribution >= 4 is 11.6 Å². The molecule has 2 aromatic heterocycles. The van der Waals surface area contributed by atoms with Gasteiger partial charge in [-0.2, -0.15) is 5.10 Å². The van der Waals surface area contributed by atoms with Crippen LogP contribution in [0.4, 0.5) is 0 Å². The second kappa shape index (κ2) is 4.07. The van der Waals surface area contributed by atoms with Gasteiger partial charge >= 0.3 is 0 Å². The maximum Gasteiger partial charge on any atom is 0.249 e. The van der Waals surface area contributed by atoms with E-state index < -0.39 is 0 Å². The van der Waals surface area contributed by atoms with Crippen LogP contribution in [-0.2, 0) is 13.7 Å². The van der Waals surface area contributed by atoms with Crippen LogP contribution in [0, 0.1) is 0 Å². The molecule has 0 radical (unpaired) electrons. The topological polar surface area (TPSA) is 84.1 Å². The smallest absolute Gasteiger partial charge is 0.249 e. The predicted octanol–water partition coefficient (Wildman–Crippen LogP) is 0.728. The van der Waals surface area contributed by atoms with E-state index in [1.54, 1.807) is 13.2 Å². The van der Waals surface area contributed by atoms with Gasteiger partial charge in [-0.05, 0) is 0 Å². The Morgan fingerprint density at radius 3 is 2.81 bits per heavy atom. The van der Waals surface area contributed by atoms with Gasteiger partial charge in [0, 0.05) is 12.6 Å². The molecule has 0 saturated carbocycles. The maximum absolute atomic E-state index is 9.18. The number of halogens is 1. The number of aromatic nitrogens is 4. The number of nitrogens with zero attached hydrogens (tertiary/aromatic N) is 4. The van der Waals surface area contributed by atoms with Crippen LogP contribution in [0.1, 0.15) is 5.69 Å². The Morgan fingerprint density at radius 1 is 1.44 bits per heavy atom. The summed E-state index contributed by atoms with van der Waals surface area (Å²) in [4.78, 5) is 7.64. The van der Waals surface area contributed by atoms with E-state index in [0.29, 0.717) is 17.0 Å². The molecule has 7 heteroatoms. The minimum atomic E-state index is -0.320. The van der Waals surface area contributed by atoms with Crippen molar-refractivity contribution in [3.63, 3.8) is 0 Å². The highest BCUT2D eigenvalue weighted by Crippen LogP contribution is 2.25. The van der Waals surface area contributed by atoms with Crippen LogP contribution in [0.3, 0.4) is 0 Å². The third-order valence-electron chi connectivity index (χ3n) is 2.20. The normalized spacial score (nSPS) is 10.7. The van der Waals surface area contributed by atoms with E-state index in [1.165, 1.54) is 10.9 Å². The first-order valence-corrected chi connectivity index (χ1v) is 4.85. The fourth-order valence-corrected chi connectivity index (χ4v) is 1.49. The molecular formula is C9H9ClN4O2. The summed E-state index contributed by atoms with van der Waals surface area (Å²) in [7, 11) is 1.71. The average molecular weight is 241 g/mol. The highest BCUT2D eigenvalue weighted by molar-refractivity contribution is 6.30. The molecule has 0 bridgehead atoms. The fraction of sp³-hybridized carbons (Fsp3) is 0.222. The van der Waals surface area contributed by atoms with Gasteiger partial charge in [0.1, 0.15) is 0 Å². The van der Waals surface area contributed by atoms with Gasteiger partial charge in [-0.3, -0.25) is 4.68 Å². The van der Waals surface area contributed by atoms with Crippen LogP contribution in [0.5, 0.6) is 5.88 Å². The molecule has 2 aromatic rings. The standard InChI is InChI=1S/C9H9ClN4O2/c1-14-7(4-15)5(2-12-14)6-3-11-9(16)8(10)13-6/h2-3,15H,4H2,1H3,(H,11,16). The molecule has 6 nitrogen and oxygen atoms in total.